The lowest BCUT2D eigenvalue weighted by Crippen LogP contribution is -1.95. The molecule has 2 heterocycles. The van der Waals surface area contributed by atoms with Crippen molar-refractivity contribution in [2.45, 2.75) is 0 Å². The third kappa shape index (κ3) is 1.93. The highest BCUT2D eigenvalue weighted by Crippen LogP contribution is 2.27. The number of H-pyrrole nitrogens is 2. The second kappa shape index (κ2) is 4.57. The van der Waals surface area contributed by atoms with Crippen molar-refractivity contribution in [2.75, 3.05) is 0 Å². The Morgan fingerprint density at radius 2 is 2.00 bits per heavy atom. The number of carboxylic acid groups (broad SMARTS) is 1. The Labute approximate surface area is 128 Å². The van der Waals surface area contributed by atoms with Crippen molar-refractivity contribution in [3.8, 4) is 11.5 Å². The smallest absolute Gasteiger partial charge is 0.335 e. The van der Waals surface area contributed by atoms with Crippen molar-refractivity contribution >= 4 is 39.5 Å². The van der Waals surface area contributed by atoms with Crippen LogP contribution in [0.1, 0.15) is 10.4 Å². The van der Waals surface area contributed by atoms with Crippen LogP contribution >= 0.6 is 11.6 Å². The number of aromatic carboxylic acids is 1. The summed E-state index contributed by atoms with van der Waals surface area (Å²) in [5, 5.41) is 17.6. The summed E-state index contributed by atoms with van der Waals surface area (Å²) in [6.45, 7) is 0. The Morgan fingerprint density at radius 3 is 2.82 bits per heavy atom. The van der Waals surface area contributed by atoms with Crippen LogP contribution in [0.25, 0.3) is 33.5 Å². The first kappa shape index (κ1) is 12.8. The number of nitrogens with zero attached hydrogens (tertiary/aromatic N) is 2. The van der Waals surface area contributed by atoms with Gasteiger partial charge in [0.05, 0.1) is 22.1 Å². The predicted octanol–water partition coefficient (Wildman–Crippen LogP) is 3.46. The van der Waals surface area contributed by atoms with Crippen LogP contribution in [-0.4, -0.2) is 31.2 Å². The molecule has 4 rings (SSSR count). The van der Waals surface area contributed by atoms with E-state index in [1.54, 1.807) is 24.3 Å². The highest BCUT2D eigenvalue weighted by atomic mass is 35.5. The third-order valence-corrected chi connectivity index (χ3v) is 3.71. The zero-order valence-electron chi connectivity index (χ0n) is 11.1. The first-order chi connectivity index (χ1) is 10.6. The molecule has 2 aromatic carbocycles. The molecule has 0 saturated carbocycles. The summed E-state index contributed by atoms with van der Waals surface area (Å²) in [4.78, 5) is 18.8. The predicted molar refractivity (Wildman–Crippen MR) is 83.2 cm³/mol. The number of benzene rings is 2. The lowest BCUT2D eigenvalue weighted by molar-refractivity contribution is 0.0697. The summed E-state index contributed by atoms with van der Waals surface area (Å²) in [6.07, 6.45) is 0. The quantitative estimate of drug-likeness (QED) is 0.528. The number of aromatic nitrogens is 4. The summed E-state index contributed by atoms with van der Waals surface area (Å²) in [6, 6.07) is 10.2. The molecular formula is C15H9ClN4O2. The van der Waals surface area contributed by atoms with Gasteiger partial charge in [0.2, 0.25) is 0 Å². The molecule has 0 bridgehead atoms. The van der Waals surface area contributed by atoms with Crippen LogP contribution < -0.4 is 0 Å². The fourth-order valence-electron chi connectivity index (χ4n) is 2.42. The largest absolute Gasteiger partial charge is 0.478 e. The Morgan fingerprint density at radius 1 is 1.14 bits per heavy atom. The van der Waals surface area contributed by atoms with Crippen LogP contribution in [0.15, 0.2) is 36.4 Å². The van der Waals surface area contributed by atoms with Gasteiger partial charge in [-0.3, -0.25) is 5.10 Å². The van der Waals surface area contributed by atoms with Gasteiger partial charge in [-0.25, -0.2) is 9.78 Å². The minimum atomic E-state index is -0.981. The van der Waals surface area contributed by atoms with E-state index in [1.807, 2.05) is 6.07 Å². The molecule has 0 unspecified atom stereocenters. The molecule has 0 aliphatic rings. The molecule has 0 radical (unpaired) electrons. The molecule has 6 nitrogen and oxygen atoms in total. The zero-order valence-corrected chi connectivity index (χ0v) is 11.8. The molecule has 0 aliphatic heterocycles. The van der Waals surface area contributed by atoms with E-state index in [4.69, 9.17) is 16.7 Å². The number of carbonyl (C=O) groups is 1. The van der Waals surface area contributed by atoms with Gasteiger partial charge in [0, 0.05) is 10.4 Å². The van der Waals surface area contributed by atoms with Crippen molar-refractivity contribution in [2.24, 2.45) is 0 Å². The van der Waals surface area contributed by atoms with Crippen LogP contribution in [0.3, 0.4) is 0 Å². The van der Waals surface area contributed by atoms with E-state index in [2.05, 4.69) is 20.2 Å². The second-order valence-corrected chi connectivity index (χ2v) is 5.32. The maximum atomic E-state index is 11.1. The molecule has 0 aliphatic carbocycles. The third-order valence-electron chi connectivity index (χ3n) is 3.48. The van der Waals surface area contributed by atoms with Gasteiger partial charge in [-0.05, 0) is 36.4 Å². The maximum absolute atomic E-state index is 11.1. The number of nitrogens with one attached hydrogen (secondary N) is 2. The van der Waals surface area contributed by atoms with Crippen molar-refractivity contribution in [1.29, 1.82) is 0 Å². The molecule has 0 fully saturated rings. The van der Waals surface area contributed by atoms with E-state index in [1.165, 1.54) is 6.07 Å². The van der Waals surface area contributed by atoms with Crippen LogP contribution in [0.4, 0.5) is 0 Å². The number of carboxylic acids is 1. The fraction of sp³-hybridized carbons (Fsp3) is 0. The average molecular weight is 313 g/mol. The summed E-state index contributed by atoms with van der Waals surface area (Å²) >= 11 is 5.97. The van der Waals surface area contributed by atoms with Gasteiger partial charge in [-0.15, -0.1) is 0 Å². The standard InChI is InChI=1S/C15H9ClN4O2/c16-8-2-4-11-12(6-8)18-14(17-11)13-9-5-7(15(21)22)1-3-10(9)19-20-13/h1-6H,(H,17,18)(H,19,20)(H,21,22). The molecule has 7 heteroatoms. The SMILES string of the molecule is O=C(O)c1ccc2[nH]nc(-c3nc4ccc(Cl)cc4[nH]3)c2c1. The first-order valence-electron chi connectivity index (χ1n) is 6.49. The Bertz CT molecular complexity index is 1030. The lowest BCUT2D eigenvalue weighted by atomic mass is 10.1. The molecule has 2 aromatic heterocycles. The molecule has 0 saturated heterocycles. The highest BCUT2D eigenvalue weighted by Gasteiger charge is 2.14. The van der Waals surface area contributed by atoms with Gasteiger partial charge < -0.3 is 10.1 Å². The lowest BCUT2D eigenvalue weighted by Gasteiger charge is -1.96. The Kier molecular flexibility index (Phi) is 2.67. The van der Waals surface area contributed by atoms with E-state index in [0.29, 0.717) is 21.9 Å². The van der Waals surface area contributed by atoms with Crippen LogP contribution in [-0.2, 0) is 0 Å². The summed E-state index contributed by atoms with van der Waals surface area (Å²) in [5.41, 5.74) is 3.09. The zero-order chi connectivity index (χ0) is 15.3. The van der Waals surface area contributed by atoms with Crippen LogP contribution in [0.2, 0.25) is 5.02 Å². The molecule has 108 valence electrons. The monoisotopic (exact) mass is 312 g/mol. The molecule has 0 amide bonds. The van der Waals surface area contributed by atoms with Gasteiger partial charge in [-0.1, -0.05) is 11.6 Å². The number of aromatic amines is 2. The minimum Gasteiger partial charge on any atom is -0.478 e. The number of fused-ring (bicyclic) bond motifs is 2. The molecule has 3 N–H and O–H groups in total. The number of halogens is 1. The van der Waals surface area contributed by atoms with E-state index in [0.717, 1.165) is 16.6 Å². The molecule has 22 heavy (non-hydrogen) atoms. The summed E-state index contributed by atoms with van der Waals surface area (Å²) < 4.78 is 0. The number of rotatable bonds is 2. The van der Waals surface area contributed by atoms with Crippen molar-refractivity contribution in [1.82, 2.24) is 20.2 Å². The molecule has 0 atom stereocenters. The van der Waals surface area contributed by atoms with Gasteiger partial charge in [-0.2, -0.15) is 5.10 Å². The van der Waals surface area contributed by atoms with Gasteiger partial charge in [0.25, 0.3) is 0 Å². The van der Waals surface area contributed by atoms with E-state index in [9.17, 15) is 4.79 Å². The number of hydrogen-bond donors (Lipinski definition) is 3. The number of hydrogen-bond acceptors (Lipinski definition) is 3. The second-order valence-electron chi connectivity index (χ2n) is 4.88. The topological polar surface area (TPSA) is 94.7 Å². The van der Waals surface area contributed by atoms with Gasteiger partial charge >= 0.3 is 5.97 Å². The van der Waals surface area contributed by atoms with Gasteiger partial charge in [0.1, 0.15) is 5.69 Å². The highest BCUT2D eigenvalue weighted by molar-refractivity contribution is 6.31. The fourth-order valence-corrected chi connectivity index (χ4v) is 2.59. The Hall–Kier alpha value is -2.86. The molecule has 0 spiro atoms. The van der Waals surface area contributed by atoms with E-state index >= 15 is 0 Å². The normalized spacial score (nSPS) is 11.3. The minimum absolute atomic E-state index is 0.203. The average Bonchev–Trinajstić information content (AvgIpc) is 3.08. The number of imidazole rings is 1. The maximum Gasteiger partial charge on any atom is 0.335 e. The molecular weight excluding hydrogens is 304 g/mol. The van der Waals surface area contributed by atoms with Crippen LogP contribution in [0, 0.1) is 0 Å². The van der Waals surface area contributed by atoms with Crippen molar-refractivity contribution < 1.29 is 9.90 Å². The van der Waals surface area contributed by atoms with Crippen molar-refractivity contribution in [3.05, 3.63) is 47.0 Å². The van der Waals surface area contributed by atoms with Gasteiger partial charge in [0.15, 0.2) is 5.82 Å². The molecule has 4 aromatic rings. The van der Waals surface area contributed by atoms with Crippen molar-refractivity contribution in [3.63, 3.8) is 0 Å². The van der Waals surface area contributed by atoms with E-state index in [-0.39, 0.29) is 5.56 Å². The first-order valence-corrected chi connectivity index (χ1v) is 6.87. The summed E-state index contributed by atoms with van der Waals surface area (Å²) in [7, 11) is 0. The summed E-state index contributed by atoms with van der Waals surface area (Å²) in [5.74, 6) is -0.420. The Balaban J connectivity index is 1.95. The van der Waals surface area contributed by atoms with E-state index < -0.39 is 5.97 Å². The van der Waals surface area contributed by atoms with Crippen LogP contribution in [0.5, 0.6) is 0 Å².